The summed E-state index contributed by atoms with van der Waals surface area (Å²) in [6.45, 7) is 4.13. The number of hydrogen-bond acceptors (Lipinski definition) is 2. The van der Waals surface area contributed by atoms with Crippen LogP contribution in [-0.2, 0) is 0 Å². The molecule has 21 heavy (non-hydrogen) atoms. The third kappa shape index (κ3) is 4.37. The molecule has 0 saturated carbocycles. The first-order chi connectivity index (χ1) is 10.1. The lowest BCUT2D eigenvalue weighted by atomic mass is 10.1. The minimum absolute atomic E-state index is 0.465. The molecule has 2 aromatic rings. The van der Waals surface area contributed by atoms with E-state index in [1.807, 2.05) is 36.4 Å². The number of aryl methyl sites for hydroxylation is 1. The molecule has 2 aromatic carbocycles. The highest BCUT2D eigenvalue weighted by Gasteiger charge is 2.02. The molecule has 0 saturated heterocycles. The summed E-state index contributed by atoms with van der Waals surface area (Å²) < 4.78 is 0.990. The van der Waals surface area contributed by atoms with Gasteiger partial charge in [-0.2, -0.15) is 5.10 Å². The van der Waals surface area contributed by atoms with Gasteiger partial charge in [0.15, 0.2) is 5.11 Å². The topological polar surface area (TPSA) is 36.4 Å². The maximum absolute atomic E-state index is 5.24. The number of hydrazone groups is 1. The maximum atomic E-state index is 5.24. The fourth-order valence-corrected chi connectivity index (χ4v) is 2.33. The molecular formula is C16H16BrN3S. The molecule has 0 atom stereocenters. The molecule has 0 aliphatic heterocycles. The van der Waals surface area contributed by atoms with Crippen LogP contribution in [0, 0.1) is 13.8 Å². The van der Waals surface area contributed by atoms with Crippen molar-refractivity contribution in [2.24, 2.45) is 5.10 Å². The van der Waals surface area contributed by atoms with Gasteiger partial charge in [-0.3, -0.25) is 5.43 Å². The Hall–Kier alpha value is -1.72. The molecule has 0 aromatic heterocycles. The fraction of sp³-hybridized carbons (Fsp3) is 0.125. The fourth-order valence-electron chi connectivity index (χ4n) is 1.78. The van der Waals surface area contributed by atoms with Crippen molar-refractivity contribution >= 4 is 45.2 Å². The summed E-state index contributed by atoms with van der Waals surface area (Å²) in [7, 11) is 0. The molecule has 0 fully saturated rings. The van der Waals surface area contributed by atoms with Crippen molar-refractivity contribution in [1.82, 2.24) is 5.43 Å². The third-order valence-electron chi connectivity index (χ3n) is 3.13. The van der Waals surface area contributed by atoms with Crippen LogP contribution in [0.15, 0.2) is 52.0 Å². The van der Waals surface area contributed by atoms with E-state index in [2.05, 4.69) is 51.7 Å². The van der Waals surface area contributed by atoms with Gasteiger partial charge in [0.1, 0.15) is 0 Å². The second-order valence-corrected chi connectivity index (χ2v) is 5.86. The molecule has 0 bridgehead atoms. The molecule has 2 N–H and O–H groups in total. The monoisotopic (exact) mass is 361 g/mol. The molecular weight excluding hydrogens is 346 g/mol. The summed E-state index contributed by atoms with van der Waals surface area (Å²) in [6.07, 6.45) is 1.72. The van der Waals surface area contributed by atoms with E-state index < -0.39 is 0 Å². The van der Waals surface area contributed by atoms with E-state index in [1.54, 1.807) is 6.21 Å². The number of nitrogens with zero attached hydrogens (tertiary/aromatic N) is 1. The van der Waals surface area contributed by atoms with Crippen molar-refractivity contribution in [3.63, 3.8) is 0 Å². The Balaban J connectivity index is 1.97. The highest BCUT2D eigenvalue weighted by molar-refractivity contribution is 9.10. The number of halogens is 1. The first-order valence-corrected chi connectivity index (χ1v) is 7.69. The van der Waals surface area contributed by atoms with Crippen LogP contribution in [0.1, 0.15) is 16.7 Å². The van der Waals surface area contributed by atoms with Crippen LogP contribution in [0.4, 0.5) is 5.69 Å². The molecule has 0 heterocycles. The van der Waals surface area contributed by atoms with Crippen molar-refractivity contribution in [3.8, 4) is 0 Å². The van der Waals surface area contributed by atoms with Crippen LogP contribution >= 0.6 is 28.1 Å². The first-order valence-electron chi connectivity index (χ1n) is 6.48. The van der Waals surface area contributed by atoms with E-state index in [0.717, 1.165) is 15.7 Å². The molecule has 3 nitrogen and oxygen atoms in total. The summed E-state index contributed by atoms with van der Waals surface area (Å²) in [5.74, 6) is 0. The van der Waals surface area contributed by atoms with Crippen molar-refractivity contribution in [2.45, 2.75) is 13.8 Å². The van der Waals surface area contributed by atoms with Crippen LogP contribution in [-0.4, -0.2) is 11.3 Å². The predicted octanol–water partition coefficient (Wildman–Crippen LogP) is 4.39. The zero-order valence-corrected chi connectivity index (χ0v) is 14.3. The van der Waals surface area contributed by atoms with Gasteiger partial charge in [-0.25, -0.2) is 0 Å². The number of rotatable bonds is 3. The highest BCUT2D eigenvalue weighted by atomic mass is 79.9. The van der Waals surface area contributed by atoms with E-state index in [1.165, 1.54) is 11.1 Å². The summed E-state index contributed by atoms with van der Waals surface area (Å²) >= 11 is 8.71. The van der Waals surface area contributed by atoms with Gasteiger partial charge in [0.25, 0.3) is 0 Å². The number of benzene rings is 2. The van der Waals surface area contributed by atoms with Crippen molar-refractivity contribution < 1.29 is 0 Å². The summed E-state index contributed by atoms with van der Waals surface area (Å²) in [4.78, 5) is 0. The number of nitrogens with one attached hydrogen (secondary N) is 2. The van der Waals surface area contributed by atoms with E-state index >= 15 is 0 Å². The average Bonchev–Trinajstić information content (AvgIpc) is 2.46. The van der Waals surface area contributed by atoms with Gasteiger partial charge in [-0.15, -0.1) is 0 Å². The zero-order chi connectivity index (χ0) is 15.2. The molecule has 2 rings (SSSR count). The van der Waals surface area contributed by atoms with Crippen LogP contribution in [0.3, 0.4) is 0 Å². The van der Waals surface area contributed by atoms with E-state index in [0.29, 0.717) is 5.11 Å². The normalized spacial score (nSPS) is 10.6. The van der Waals surface area contributed by atoms with Crippen LogP contribution in [0.5, 0.6) is 0 Å². The maximum Gasteiger partial charge on any atom is 0.191 e. The van der Waals surface area contributed by atoms with Crippen LogP contribution in [0.25, 0.3) is 0 Å². The molecule has 0 aliphatic rings. The largest absolute Gasteiger partial charge is 0.331 e. The molecule has 108 valence electrons. The van der Waals surface area contributed by atoms with E-state index in [-0.39, 0.29) is 0 Å². The van der Waals surface area contributed by atoms with Gasteiger partial charge in [-0.05, 0) is 49.3 Å². The molecule has 0 aliphatic carbocycles. The molecule has 0 spiro atoms. The standard InChI is InChI=1S/C16H16BrN3S/c1-11-6-5-9-15(12(11)2)19-16(21)20-18-10-13-7-3-4-8-14(13)17/h3-10H,1-2H3,(H2,19,20,21)/b18-10-. The molecule has 0 radical (unpaired) electrons. The Morgan fingerprint density at radius 1 is 1.14 bits per heavy atom. The van der Waals surface area contributed by atoms with Gasteiger partial charge >= 0.3 is 0 Å². The minimum Gasteiger partial charge on any atom is -0.331 e. The Bertz CT molecular complexity index is 683. The second-order valence-electron chi connectivity index (χ2n) is 4.59. The Morgan fingerprint density at radius 3 is 2.67 bits per heavy atom. The second kappa shape index (κ2) is 7.33. The summed E-state index contributed by atoms with van der Waals surface area (Å²) in [5.41, 5.74) is 7.20. The summed E-state index contributed by atoms with van der Waals surface area (Å²) in [6, 6.07) is 13.9. The lowest BCUT2D eigenvalue weighted by molar-refractivity contribution is 1.05. The number of hydrogen-bond donors (Lipinski definition) is 2. The average molecular weight is 362 g/mol. The van der Waals surface area contributed by atoms with Gasteiger partial charge in [0.05, 0.1) is 6.21 Å². The highest BCUT2D eigenvalue weighted by Crippen LogP contribution is 2.17. The SMILES string of the molecule is Cc1cccc(NC(=S)N/N=C\c2ccccc2Br)c1C. The van der Waals surface area contributed by atoms with Crippen LogP contribution < -0.4 is 10.7 Å². The van der Waals surface area contributed by atoms with Gasteiger partial charge in [0.2, 0.25) is 0 Å². The van der Waals surface area contributed by atoms with Crippen molar-refractivity contribution in [2.75, 3.05) is 5.32 Å². The van der Waals surface area contributed by atoms with Gasteiger partial charge in [0, 0.05) is 15.7 Å². The minimum atomic E-state index is 0.465. The van der Waals surface area contributed by atoms with Gasteiger partial charge < -0.3 is 5.32 Å². The zero-order valence-electron chi connectivity index (χ0n) is 11.9. The van der Waals surface area contributed by atoms with Gasteiger partial charge in [-0.1, -0.05) is 46.3 Å². The lowest BCUT2D eigenvalue weighted by Gasteiger charge is -2.11. The Morgan fingerprint density at radius 2 is 1.90 bits per heavy atom. The van der Waals surface area contributed by atoms with Crippen molar-refractivity contribution in [1.29, 1.82) is 0 Å². The molecule has 0 amide bonds. The smallest absolute Gasteiger partial charge is 0.191 e. The van der Waals surface area contributed by atoms with E-state index in [9.17, 15) is 0 Å². The first kappa shape index (κ1) is 15.7. The number of anilines is 1. The Labute approximate surface area is 138 Å². The van der Waals surface area contributed by atoms with Crippen LogP contribution in [0.2, 0.25) is 0 Å². The molecule has 0 unspecified atom stereocenters. The molecule has 5 heteroatoms. The quantitative estimate of drug-likeness (QED) is 0.483. The number of thiocarbonyl (C=S) groups is 1. The summed E-state index contributed by atoms with van der Waals surface area (Å²) in [5, 5.41) is 7.75. The predicted molar refractivity (Wildman–Crippen MR) is 97.0 cm³/mol. The lowest BCUT2D eigenvalue weighted by Crippen LogP contribution is -2.24. The van der Waals surface area contributed by atoms with Crippen molar-refractivity contribution in [3.05, 3.63) is 63.6 Å². The van der Waals surface area contributed by atoms with E-state index in [4.69, 9.17) is 12.2 Å². The Kier molecular flexibility index (Phi) is 5.47. The third-order valence-corrected chi connectivity index (χ3v) is 4.04.